The Balaban J connectivity index is 1.83. The molecule has 0 saturated heterocycles. The Kier molecular flexibility index (Phi) is 5.43. The number of rotatable bonds is 5. The number of hydrogen-bond donors (Lipinski definition) is 0. The van der Waals surface area contributed by atoms with E-state index >= 15 is 0 Å². The van der Waals surface area contributed by atoms with Crippen LogP contribution in [0.1, 0.15) is 5.56 Å². The van der Waals surface area contributed by atoms with Crippen molar-refractivity contribution in [2.24, 2.45) is 0 Å². The number of para-hydroxylation sites is 1. The molecular weight excluding hydrogens is 368 g/mol. The summed E-state index contributed by atoms with van der Waals surface area (Å²) in [5.41, 5.74) is 1.17. The van der Waals surface area contributed by atoms with Crippen LogP contribution in [0.2, 0.25) is 5.02 Å². The van der Waals surface area contributed by atoms with Crippen LogP contribution in [0, 0.1) is 18.3 Å². The summed E-state index contributed by atoms with van der Waals surface area (Å²) in [7, 11) is 0. The van der Waals surface area contributed by atoms with E-state index in [9.17, 15) is 9.59 Å². The number of carbonyl (C=O) groups is 1. The number of nitrogens with zero attached hydrogens (tertiary/aromatic N) is 2. The number of carbonyl (C=O) groups excluding carboxylic acids is 1. The third-order valence-corrected chi connectivity index (χ3v) is 4.25. The molecule has 0 aliphatic rings. The lowest BCUT2D eigenvalue weighted by atomic mass is 10.1. The Hall–Kier alpha value is -3.30. The lowest BCUT2D eigenvalue weighted by Crippen LogP contribution is -2.35. The number of aryl methyl sites for hydroxylation is 1. The number of hydrogen-bond acceptors (Lipinski definition) is 5. The summed E-state index contributed by atoms with van der Waals surface area (Å²) < 4.78 is 10.7. The van der Waals surface area contributed by atoms with Gasteiger partial charge in [-0.15, -0.1) is 0 Å². The molecule has 1 aromatic heterocycles. The van der Waals surface area contributed by atoms with Crippen molar-refractivity contribution in [3.8, 4) is 11.8 Å². The van der Waals surface area contributed by atoms with E-state index in [1.807, 2.05) is 12.1 Å². The molecule has 1 amide bonds. The van der Waals surface area contributed by atoms with Crippen molar-refractivity contribution >= 4 is 34.2 Å². The van der Waals surface area contributed by atoms with Crippen LogP contribution < -0.4 is 15.3 Å². The van der Waals surface area contributed by atoms with E-state index in [4.69, 9.17) is 26.0 Å². The molecule has 0 aliphatic carbocycles. The SMILES string of the molecule is Cc1cc(=O)oc2cc(OCC(=O)N(CC#N)c3ccccc3)c(Cl)cc12. The van der Waals surface area contributed by atoms with E-state index in [1.165, 1.54) is 17.0 Å². The fourth-order valence-electron chi connectivity index (χ4n) is 2.65. The molecular formula is C20H15ClN2O4. The van der Waals surface area contributed by atoms with Gasteiger partial charge in [-0.05, 0) is 30.7 Å². The van der Waals surface area contributed by atoms with Crippen LogP contribution in [0.4, 0.5) is 5.69 Å². The highest BCUT2D eigenvalue weighted by atomic mass is 35.5. The van der Waals surface area contributed by atoms with Crippen LogP contribution in [0.25, 0.3) is 11.0 Å². The summed E-state index contributed by atoms with van der Waals surface area (Å²) in [5.74, 6) is -0.180. The number of ether oxygens (including phenoxy) is 1. The molecule has 2 aromatic carbocycles. The van der Waals surface area contributed by atoms with E-state index < -0.39 is 11.5 Å². The van der Waals surface area contributed by atoms with Crippen molar-refractivity contribution in [1.29, 1.82) is 5.26 Å². The fourth-order valence-corrected chi connectivity index (χ4v) is 2.87. The second-order valence-corrected chi connectivity index (χ2v) is 6.20. The second-order valence-electron chi connectivity index (χ2n) is 5.79. The highest BCUT2D eigenvalue weighted by Crippen LogP contribution is 2.31. The molecule has 0 radical (unpaired) electrons. The zero-order valence-electron chi connectivity index (χ0n) is 14.4. The highest BCUT2D eigenvalue weighted by molar-refractivity contribution is 6.32. The molecule has 7 heteroatoms. The third-order valence-electron chi connectivity index (χ3n) is 3.95. The van der Waals surface area contributed by atoms with Crippen LogP contribution >= 0.6 is 11.6 Å². The smallest absolute Gasteiger partial charge is 0.336 e. The van der Waals surface area contributed by atoms with Crippen LogP contribution in [0.3, 0.4) is 0 Å². The van der Waals surface area contributed by atoms with Gasteiger partial charge in [0.2, 0.25) is 0 Å². The first-order valence-electron chi connectivity index (χ1n) is 8.09. The van der Waals surface area contributed by atoms with Gasteiger partial charge in [0.25, 0.3) is 5.91 Å². The van der Waals surface area contributed by atoms with Crippen LogP contribution in [-0.4, -0.2) is 19.1 Å². The van der Waals surface area contributed by atoms with Gasteiger partial charge in [-0.3, -0.25) is 9.69 Å². The Morgan fingerprint density at radius 2 is 2.00 bits per heavy atom. The van der Waals surface area contributed by atoms with Crippen molar-refractivity contribution in [1.82, 2.24) is 0 Å². The molecule has 1 heterocycles. The summed E-state index contributed by atoms with van der Waals surface area (Å²) in [5, 5.41) is 9.98. The number of amides is 1. The largest absolute Gasteiger partial charge is 0.482 e. The minimum atomic E-state index is -0.478. The van der Waals surface area contributed by atoms with Crippen molar-refractivity contribution in [2.75, 3.05) is 18.1 Å². The number of halogens is 1. The van der Waals surface area contributed by atoms with Gasteiger partial charge >= 0.3 is 5.63 Å². The summed E-state index contributed by atoms with van der Waals surface area (Å²) >= 11 is 6.23. The lowest BCUT2D eigenvalue weighted by Gasteiger charge is -2.20. The number of benzene rings is 2. The highest BCUT2D eigenvalue weighted by Gasteiger charge is 2.17. The lowest BCUT2D eigenvalue weighted by molar-refractivity contribution is -0.120. The molecule has 0 aliphatic heterocycles. The first-order chi connectivity index (χ1) is 13.0. The van der Waals surface area contributed by atoms with Crippen molar-refractivity contribution in [3.05, 3.63) is 69.5 Å². The Bertz CT molecular complexity index is 1090. The predicted octanol–water partition coefficient (Wildman–Crippen LogP) is 3.69. The topological polar surface area (TPSA) is 83.5 Å². The van der Waals surface area contributed by atoms with Crippen LogP contribution in [-0.2, 0) is 4.79 Å². The first-order valence-corrected chi connectivity index (χ1v) is 8.46. The molecule has 3 aromatic rings. The Morgan fingerprint density at radius 3 is 2.70 bits per heavy atom. The molecule has 0 fully saturated rings. The molecule has 0 bridgehead atoms. The molecule has 0 spiro atoms. The maximum absolute atomic E-state index is 12.5. The number of nitriles is 1. The van der Waals surface area contributed by atoms with Crippen LogP contribution in [0.5, 0.6) is 5.75 Å². The summed E-state index contributed by atoms with van der Waals surface area (Å²) in [6.07, 6.45) is 0. The molecule has 27 heavy (non-hydrogen) atoms. The molecule has 0 atom stereocenters. The monoisotopic (exact) mass is 382 g/mol. The van der Waals surface area contributed by atoms with E-state index in [0.29, 0.717) is 21.7 Å². The normalized spacial score (nSPS) is 10.4. The standard InChI is InChI=1S/C20H15ClN2O4/c1-13-9-20(25)27-17-11-18(16(21)10-15(13)17)26-12-19(24)23(8-7-22)14-5-3-2-4-6-14/h2-6,9-11H,8,12H2,1H3. The third kappa shape index (κ3) is 4.10. The quantitative estimate of drug-likeness (QED) is 0.496. The fraction of sp³-hybridized carbons (Fsp3) is 0.150. The molecule has 136 valence electrons. The Labute approximate surface area is 160 Å². The number of fused-ring (bicyclic) bond motifs is 1. The maximum atomic E-state index is 12.5. The van der Waals surface area contributed by atoms with Crippen molar-refractivity contribution in [2.45, 2.75) is 6.92 Å². The summed E-state index contributed by atoms with van der Waals surface area (Å²) in [6.45, 7) is 1.35. The van der Waals surface area contributed by atoms with Gasteiger partial charge in [0, 0.05) is 23.2 Å². The van der Waals surface area contributed by atoms with E-state index in [1.54, 1.807) is 37.3 Å². The predicted molar refractivity (Wildman–Crippen MR) is 102 cm³/mol. The van der Waals surface area contributed by atoms with Gasteiger partial charge < -0.3 is 9.15 Å². The average molecular weight is 383 g/mol. The van der Waals surface area contributed by atoms with Gasteiger partial charge in [-0.2, -0.15) is 5.26 Å². The summed E-state index contributed by atoms with van der Waals surface area (Å²) in [4.78, 5) is 25.4. The minimum absolute atomic E-state index is 0.105. The van der Waals surface area contributed by atoms with Gasteiger partial charge in [0.15, 0.2) is 6.61 Å². The number of anilines is 1. The molecule has 3 rings (SSSR count). The minimum Gasteiger partial charge on any atom is -0.482 e. The van der Waals surface area contributed by atoms with Gasteiger partial charge in [-0.1, -0.05) is 29.8 Å². The first kappa shape index (κ1) is 18.5. The second kappa shape index (κ2) is 7.94. The van der Waals surface area contributed by atoms with E-state index in [2.05, 4.69) is 0 Å². The average Bonchev–Trinajstić information content (AvgIpc) is 2.65. The van der Waals surface area contributed by atoms with Gasteiger partial charge in [-0.25, -0.2) is 4.79 Å². The molecule has 0 saturated carbocycles. The zero-order valence-corrected chi connectivity index (χ0v) is 15.2. The van der Waals surface area contributed by atoms with Gasteiger partial charge in [0.05, 0.1) is 11.1 Å². The van der Waals surface area contributed by atoms with E-state index in [-0.39, 0.29) is 18.9 Å². The molecule has 6 nitrogen and oxygen atoms in total. The van der Waals surface area contributed by atoms with E-state index in [0.717, 1.165) is 5.56 Å². The summed E-state index contributed by atoms with van der Waals surface area (Å²) in [6, 6.07) is 15.3. The zero-order chi connectivity index (χ0) is 19.4. The molecule has 0 unspecified atom stereocenters. The molecule has 0 N–H and O–H groups in total. The van der Waals surface area contributed by atoms with Crippen molar-refractivity contribution < 1.29 is 13.9 Å². The Morgan fingerprint density at radius 1 is 1.26 bits per heavy atom. The van der Waals surface area contributed by atoms with Crippen molar-refractivity contribution in [3.63, 3.8) is 0 Å². The van der Waals surface area contributed by atoms with Gasteiger partial charge in [0.1, 0.15) is 17.9 Å². The van der Waals surface area contributed by atoms with Crippen LogP contribution in [0.15, 0.2) is 57.7 Å². The maximum Gasteiger partial charge on any atom is 0.336 e.